The van der Waals surface area contributed by atoms with Crippen molar-refractivity contribution in [1.82, 2.24) is 5.32 Å². The molecule has 0 aliphatic heterocycles. The van der Waals surface area contributed by atoms with E-state index in [1.165, 1.54) is 18.6 Å². The van der Waals surface area contributed by atoms with Gasteiger partial charge >= 0.3 is 0 Å². The molecular weight excluding hydrogens is 389 g/mol. The lowest BCUT2D eigenvalue weighted by atomic mass is 9.51. The Hall–Kier alpha value is -1.62. The molecule has 2 aromatic carbocycles. The molecule has 2 atom stereocenters. The second-order valence-electron chi connectivity index (χ2n) is 9.49. The van der Waals surface area contributed by atoms with E-state index >= 15 is 0 Å². The molecule has 0 spiro atoms. The fourth-order valence-corrected chi connectivity index (χ4v) is 6.47. The van der Waals surface area contributed by atoms with Crippen molar-refractivity contribution in [2.75, 3.05) is 0 Å². The number of benzene rings is 2. The number of ether oxygens (including phenoxy) is 1. The quantitative estimate of drug-likeness (QED) is 0.678. The lowest BCUT2D eigenvalue weighted by molar-refractivity contribution is -0.142. The number of rotatable bonds is 6. The van der Waals surface area contributed by atoms with Gasteiger partial charge < -0.3 is 15.2 Å². The van der Waals surface area contributed by atoms with Crippen LogP contribution in [0.2, 0.25) is 5.02 Å². The minimum atomic E-state index is -0.479. The number of halogens is 2. The van der Waals surface area contributed by atoms with Crippen LogP contribution < -0.4 is 10.1 Å². The highest BCUT2D eigenvalue weighted by Gasteiger charge is 2.56. The average molecular weight is 416 g/mol. The van der Waals surface area contributed by atoms with Crippen molar-refractivity contribution < 1.29 is 14.2 Å². The lowest BCUT2D eigenvalue weighted by Gasteiger charge is -2.60. The fourth-order valence-electron chi connectivity index (χ4n) is 6.27. The first-order valence-electron chi connectivity index (χ1n) is 10.5. The molecule has 4 fully saturated rings. The molecule has 0 heterocycles. The van der Waals surface area contributed by atoms with Gasteiger partial charge in [0.25, 0.3) is 0 Å². The molecule has 6 rings (SSSR count). The van der Waals surface area contributed by atoms with E-state index in [0.29, 0.717) is 30.0 Å². The molecule has 0 radical (unpaired) electrons. The highest BCUT2D eigenvalue weighted by molar-refractivity contribution is 6.30. The van der Waals surface area contributed by atoms with Gasteiger partial charge in [0, 0.05) is 22.7 Å². The highest BCUT2D eigenvalue weighted by Crippen LogP contribution is 2.57. The van der Waals surface area contributed by atoms with Gasteiger partial charge in [-0.3, -0.25) is 0 Å². The van der Waals surface area contributed by atoms with Crippen molar-refractivity contribution in [2.24, 2.45) is 11.8 Å². The summed E-state index contributed by atoms with van der Waals surface area (Å²) < 4.78 is 19.2. The molecule has 4 saturated carbocycles. The van der Waals surface area contributed by atoms with Crippen LogP contribution in [-0.4, -0.2) is 16.2 Å². The monoisotopic (exact) mass is 415 g/mol. The van der Waals surface area contributed by atoms with Gasteiger partial charge in [-0.05, 0) is 86.3 Å². The maximum absolute atomic E-state index is 13.1. The maximum Gasteiger partial charge on any atom is 0.124 e. The van der Waals surface area contributed by atoms with E-state index in [9.17, 15) is 9.50 Å². The lowest BCUT2D eigenvalue weighted by Crippen LogP contribution is -2.64. The SMILES string of the molecule is OC12CC3CC(C1)CC(NCc1cc(Cl)ccc1OCc1ccc(F)cc1)(C3)C2. The summed E-state index contributed by atoms with van der Waals surface area (Å²) in [6.07, 6.45) is 6.36. The van der Waals surface area contributed by atoms with E-state index in [4.69, 9.17) is 16.3 Å². The molecule has 0 saturated heterocycles. The van der Waals surface area contributed by atoms with Crippen LogP contribution in [0.4, 0.5) is 4.39 Å². The summed E-state index contributed by atoms with van der Waals surface area (Å²) in [5, 5.41) is 15.5. The molecule has 3 nitrogen and oxygen atoms in total. The molecule has 29 heavy (non-hydrogen) atoms. The molecule has 0 amide bonds. The van der Waals surface area contributed by atoms with Crippen molar-refractivity contribution in [1.29, 1.82) is 0 Å². The van der Waals surface area contributed by atoms with Crippen molar-refractivity contribution in [3.63, 3.8) is 0 Å². The van der Waals surface area contributed by atoms with E-state index in [1.807, 2.05) is 18.2 Å². The first-order chi connectivity index (χ1) is 13.9. The molecule has 2 aromatic rings. The summed E-state index contributed by atoms with van der Waals surface area (Å²) in [4.78, 5) is 0. The summed E-state index contributed by atoms with van der Waals surface area (Å²) in [6.45, 7) is 1.04. The highest BCUT2D eigenvalue weighted by atomic mass is 35.5. The van der Waals surface area contributed by atoms with Crippen LogP contribution in [0.25, 0.3) is 0 Å². The van der Waals surface area contributed by atoms with Gasteiger partial charge in [0.05, 0.1) is 5.60 Å². The molecule has 2 N–H and O–H groups in total. The first-order valence-corrected chi connectivity index (χ1v) is 10.9. The Morgan fingerprint density at radius 1 is 1.07 bits per heavy atom. The zero-order valence-electron chi connectivity index (χ0n) is 16.5. The number of hydrogen-bond acceptors (Lipinski definition) is 3. The Labute approximate surface area is 176 Å². The first kappa shape index (κ1) is 19.3. The molecular formula is C24H27ClFNO2. The Morgan fingerprint density at radius 2 is 1.79 bits per heavy atom. The maximum atomic E-state index is 13.1. The van der Waals surface area contributed by atoms with Gasteiger partial charge in [-0.2, -0.15) is 0 Å². The molecule has 0 aromatic heterocycles. The van der Waals surface area contributed by atoms with Crippen LogP contribution in [0.5, 0.6) is 5.75 Å². The summed E-state index contributed by atoms with van der Waals surface area (Å²) in [5.41, 5.74) is 1.48. The molecule has 4 aliphatic carbocycles. The van der Waals surface area contributed by atoms with Crippen LogP contribution in [0, 0.1) is 17.7 Å². The van der Waals surface area contributed by atoms with Crippen molar-refractivity contribution in [3.05, 3.63) is 64.4 Å². The average Bonchev–Trinajstić information content (AvgIpc) is 2.65. The molecule has 154 valence electrons. The van der Waals surface area contributed by atoms with Crippen molar-refractivity contribution in [2.45, 2.75) is 62.8 Å². The van der Waals surface area contributed by atoms with Crippen LogP contribution >= 0.6 is 11.6 Å². The molecule has 4 aliphatic rings. The number of aliphatic hydroxyl groups is 1. The number of hydrogen-bond donors (Lipinski definition) is 2. The Morgan fingerprint density at radius 3 is 2.48 bits per heavy atom. The predicted octanol–water partition coefficient (Wildman–Crippen LogP) is 5.23. The van der Waals surface area contributed by atoms with Gasteiger partial charge in [0.2, 0.25) is 0 Å². The molecule has 4 bridgehead atoms. The number of nitrogens with one attached hydrogen (secondary N) is 1. The second kappa shape index (κ2) is 7.26. The van der Waals surface area contributed by atoms with Gasteiger partial charge in [0.1, 0.15) is 18.2 Å². The Bertz CT molecular complexity index is 886. The predicted molar refractivity (Wildman–Crippen MR) is 111 cm³/mol. The van der Waals surface area contributed by atoms with E-state index in [-0.39, 0.29) is 11.4 Å². The van der Waals surface area contributed by atoms with Crippen molar-refractivity contribution >= 4 is 11.6 Å². The fraction of sp³-hybridized carbons (Fsp3) is 0.500. The van der Waals surface area contributed by atoms with Gasteiger partial charge in [-0.15, -0.1) is 0 Å². The van der Waals surface area contributed by atoms with E-state index < -0.39 is 5.60 Å². The van der Waals surface area contributed by atoms with Gasteiger partial charge in [-0.1, -0.05) is 23.7 Å². The molecule has 5 heteroatoms. The topological polar surface area (TPSA) is 41.5 Å². The Kier molecular flexibility index (Phi) is 4.84. The minimum Gasteiger partial charge on any atom is -0.489 e. The van der Waals surface area contributed by atoms with Crippen LogP contribution in [0.15, 0.2) is 42.5 Å². The standard InChI is InChI=1S/C24H27ClFNO2/c25-20-3-6-22(29-14-16-1-4-21(26)5-2-16)19(8-20)13-27-23-9-17-7-18(10-23)12-24(28,11-17)15-23/h1-6,8,17-18,27-28H,7,9-15H2. The zero-order valence-corrected chi connectivity index (χ0v) is 17.2. The normalized spacial score (nSPS) is 32.5. The van der Waals surface area contributed by atoms with Crippen molar-refractivity contribution in [3.8, 4) is 5.75 Å². The summed E-state index contributed by atoms with van der Waals surface area (Å²) in [6, 6.07) is 12.0. The third kappa shape index (κ3) is 4.03. The summed E-state index contributed by atoms with van der Waals surface area (Å²) in [7, 11) is 0. The van der Waals surface area contributed by atoms with Crippen LogP contribution in [0.1, 0.15) is 49.7 Å². The zero-order chi connectivity index (χ0) is 20.1. The van der Waals surface area contributed by atoms with E-state index in [1.54, 1.807) is 12.1 Å². The van der Waals surface area contributed by atoms with E-state index in [2.05, 4.69) is 5.32 Å². The summed E-state index contributed by atoms with van der Waals surface area (Å²) >= 11 is 6.26. The minimum absolute atomic E-state index is 0.0232. The van der Waals surface area contributed by atoms with Crippen LogP contribution in [0.3, 0.4) is 0 Å². The second-order valence-corrected chi connectivity index (χ2v) is 9.92. The third-order valence-electron chi connectivity index (χ3n) is 7.01. The third-order valence-corrected chi connectivity index (χ3v) is 7.25. The summed E-state index contributed by atoms with van der Waals surface area (Å²) in [5.74, 6) is 1.82. The van der Waals surface area contributed by atoms with Gasteiger partial charge in [0.15, 0.2) is 0 Å². The van der Waals surface area contributed by atoms with E-state index in [0.717, 1.165) is 49.0 Å². The Balaban J connectivity index is 1.30. The molecule has 2 unspecified atom stereocenters. The smallest absolute Gasteiger partial charge is 0.124 e. The van der Waals surface area contributed by atoms with Crippen LogP contribution in [-0.2, 0) is 13.2 Å². The van der Waals surface area contributed by atoms with Gasteiger partial charge in [-0.25, -0.2) is 4.39 Å². The largest absolute Gasteiger partial charge is 0.489 e.